The van der Waals surface area contributed by atoms with Gasteiger partial charge in [0.25, 0.3) is 0 Å². The summed E-state index contributed by atoms with van der Waals surface area (Å²) in [4.78, 5) is 10.7. The summed E-state index contributed by atoms with van der Waals surface area (Å²) in [6.07, 6.45) is 0. The van der Waals surface area contributed by atoms with Crippen molar-refractivity contribution in [3.05, 3.63) is 52.5 Å². The second-order valence-corrected chi connectivity index (χ2v) is 6.29. The van der Waals surface area contributed by atoms with Gasteiger partial charge >= 0.3 is 0 Å². The van der Waals surface area contributed by atoms with Crippen LogP contribution in [0.3, 0.4) is 0 Å². The zero-order chi connectivity index (χ0) is 14.4. The lowest BCUT2D eigenvalue weighted by Gasteiger charge is -2.12. The van der Waals surface area contributed by atoms with Crippen LogP contribution >= 0.6 is 22.9 Å². The van der Waals surface area contributed by atoms with E-state index in [0.717, 1.165) is 42.6 Å². The number of aryl methyl sites for hydroxylation is 1. The summed E-state index contributed by atoms with van der Waals surface area (Å²) in [6, 6.07) is 11.8. The predicted molar refractivity (Wildman–Crippen MR) is 86.6 cm³/mol. The molecule has 0 radical (unpaired) electrons. The van der Waals surface area contributed by atoms with Crippen LogP contribution in [0.5, 0.6) is 5.75 Å². The number of aromatic nitrogens is 2. The second-order valence-electron chi connectivity index (χ2n) is 4.92. The van der Waals surface area contributed by atoms with Gasteiger partial charge in [-0.2, -0.15) is 0 Å². The van der Waals surface area contributed by atoms with Gasteiger partial charge in [-0.1, -0.05) is 35.1 Å². The first-order chi connectivity index (χ1) is 10.2. The van der Waals surface area contributed by atoms with Crippen molar-refractivity contribution in [3.8, 4) is 5.75 Å². The predicted octanol–water partition coefficient (Wildman–Crippen LogP) is 4.82. The molecule has 0 saturated heterocycles. The molecule has 0 aliphatic rings. The number of nitrogens with zero attached hydrogens (tertiary/aromatic N) is 2. The summed E-state index contributed by atoms with van der Waals surface area (Å²) in [5.74, 6) is 0.817. The highest BCUT2D eigenvalue weighted by Gasteiger charge is 2.12. The highest BCUT2D eigenvalue weighted by atomic mass is 35.5. The maximum absolute atomic E-state index is 6.03. The zero-order valence-corrected chi connectivity index (χ0v) is 12.8. The zero-order valence-electron chi connectivity index (χ0n) is 11.3. The first kappa shape index (κ1) is 12.8. The van der Waals surface area contributed by atoms with Crippen molar-refractivity contribution in [2.75, 3.05) is 0 Å². The molecule has 5 heteroatoms. The third kappa shape index (κ3) is 2.20. The van der Waals surface area contributed by atoms with Crippen LogP contribution in [0.2, 0.25) is 5.02 Å². The van der Waals surface area contributed by atoms with E-state index in [-0.39, 0.29) is 0 Å². The molecule has 0 aliphatic heterocycles. The van der Waals surface area contributed by atoms with Crippen molar-refractivity contribution >= 4 is 43.6 Å². The van der Waals surface area contributed by atoms with E-state index >= 15 is 0 Å². The van der Waals surface area contributed by atoms with Crippen molar-refractivity contribution in [3.63, 3.8) is 0 Å². The largest absolute Gasteiger partial charge is 0.489 e. The Kier molecular flexibility index (Phi) is 2.94. The maximum atomic E-state index is 6.03. The molecule has 5 rings (SSSR count). The highest BCUT2D eigenvalue weighted by Crippen LogP contribution is 2.31. The fourth-order valence-corrected chi connectivity index (χ4v) is 3.26. The van der Waals surface area contributed by atoms with Crippen LogP contribution in [0.4, 0.5) is 0 Å². The van der Waals surface area contributed by atoms with E-state index in [4.69, 9.17) is 16.3 Å². The molecule has 0 saturated carbocycles. The molecule has 3 nitrogen and oxygen atoms in total. The number of hydrogen-bond acceptors (Lipinski definition) is 4. The molecule has 3 heterocycles. The lowest BCUT2D eigenvalue weighted by molar-refractivity contribution is 0.307. The molecule has 3 aromatic heterocycles. The molecule has 0 amide bonds. The van der Waals surface area contributed by atoms with Crippen molar-refractivity contribution in [1.82, 2.24) is 9.97 Å². The topological polar surface area (TPSA) is 35.0 Å². The molecule has 5 aromatic rings. The Labute approximate surface area is 130 Å². The summed E-state index contributed by atoms with van der Waals surface area (Å²) in [7, 11) is 0. The Morgan fingerprint density at radius 3 is 2.86 bits per heavy atom. The molecule has 104 valence electrons. The van der Waals surface area contributed by atoms with Crippen molar-refractivity contribution in [1.29, 1.82) is 0 Å². The van der Waals surface area contributed by atoms with Crippen molar-refractivity contribution in [2.24, 2.45) is 0 Å². The fraction of sp³-hybridized carbons (Fsp3) is 0.125. The van der Waals surface area contributed by atoms with Crippen LogP contribution < -0.4 is 4.74 Å². The van der Waals surface area contributed by atoms with Crippen LogP contribution in [0.25, 0.3) is 20.7 Å². The van der Waals surface area contributed by atoms with Gasteiger partial charge in [0.05, 0.1) is 5.52 Å². The number of ether oxygens (including phenoxy) is 1. The van der Waals surface area contributed by atoms with Gasteiger partial charge < -0.3 is 4.74 Å². The Bertz CT molecular complexity index is 919. The molecule has 21 heavy (non-hydrogen) atoms. The van der Waals surface area contributed by atoms with Crippen LogP contribution in [0.1, 0.15) is 11.1 Å². The van der Waals surface area contributed by atoms with Crippen LogP contribution in [-0.2, 0) is 6.61 Å². The standard InChI is InChI=1S/C16H11ClN2OS/c1-9-7-11(5-6-12(9)17)20-8-10-3-2-4-13-14(10)15-19-16(18-13)21-15/h2-7H,8H2,1H3. The summed E-state index contributed by atoms with van der Waals surface area (Å²) in [5.41, 5.74) is 3.11. The lowest BCUT2D eigenvalue weighted by Crippen LogP contribution is -1.99. The normalized spacial score (nSPS) is 11.5. The van der Waals surface area contributed by atoms with Gasteiger partial charge in [-0.15, -0.1) is 0 Å². The minimum absolute atomic E-state index is 0.495. The first-order valence-corrected chi connectivity index (χ1v) is 7.76. The number of benzene rings is 2. The molecule has 0 N–H and O–H groups in total. The van der Waals surface area contributed by atoms with Crippen LogP contribution in [-0.4, -0.2) is 9.97 Å². The first-order valence-electron chi connectivity index (χ1n) is 6.57. The molecule has 2 aromatic carbocycles. The molecule has 0 aliphatic carbocycles. The van der Waals surface area contributed by atoms with E-state index in [1.165, 1.54) is 0 Å². The monoisotopic (exact) mass is 314 g/mol. The summed E-state index contributed by atoms with van der Waals surface area (Å²) < 4.78 is 5.89. The van der Waals surface area contributed by atoms with Gasteiger partial charge in [-0.05, 0) is 36.8 Å². The van der Waals surface area contributed by atoms with Gasteiger partial charge in [0.15, 0.2) is 0 Å². The Hall–Kier alpha value is -1.91. The van der Waals surface area contributed by atoms with E-state index in [1.54, 1.807) is 11.3 Å². The van der Waals surface area contributed by atoms with Gasteiger partial charge in [0, 0.05) is 16.0 Å². The minimum Gasteiger partial charge on any atom is -0.489 e. The highest BCUT2D eigenvalue weighted by molar-refractivity contribution is 7.25. The summed E-state index contributed by atoms with van der Waals surface area (Å²) in [5, 5.41) is 1.85. The average molecular weight is 315 g/mol. The number of rotatable bonds is 3. The molecule has 2 bridgehead atoms. The third-order valence-electron chi connectivity index (χ3n) is 3.47. The Balaban J connectivity index is 1.66. The van der Waals surface area contributed by atoms with E-state index in [2.05, 4.69) is 16.0 Å². The number of halogens is 1. The summed E-state index contributed by atoms with van der Waals surface area (Å²) in [6.45, 7) is 2.46. The van der Waals surface area contributed by atoms with Crippen molar-refractivity contribution in [2.45, 2.75) is 13.5 Å². The SMILES string of the molecule is Cc1cc(OCc2cccc3nc4nc(s4)c23)ccc1Cl. The molecule has 0 atom stereocenters. The number of hydrogen-bond donors (Lipinski definition) is 0. The lowest BCUT2D eigenvalue weighted by atomic mass is 10.1. The quantitative estimate of drug-likeness (QED) is 0.543. The smallest absolute Gasteiger partial charge is 0.212 e. The molecule has 0 unspecified atom stereocenters. The Morgan fingerprint density at radius 2 is 2.05 bits per heavy atom. The van der Waals surface area contributed by atoms with E-state index in [1.807, 2.05) is 37.3 Å². The van der Waals surface area contributed by atoms with Gasteiger partial charge in [-0.3, -0.25) is 0 Å². The van der Waals surface area contributed by atoms with Gasteiger partial charge in [0.2, 0.25) is 4.96 Å². The van der Waals surface area contributed by atoms with E-state index in [9.17, 15) is 0 Å². The fourth-order valence-electron chi connectivity index (χ4n) is 2.35. The van der Waals surface area contributed by atoms with E-state index in [0.29, 0.717) is 6.61 Å². The van der Waals surface area contributed by atoms with Crippen molar-refractivity contribution < 1.29 is 4.74 Å². The van der Waals surface area contributed by atoms with Gasteiger partial charge in [-0.25, -0.2) is 9.97 Å². The summed E-state index contributed by atoms with van der Waals surface area (Å²) >= 11 is 7.65. The molecular weight excluding hydrogens is 304 g/mol. The van der Waals surface area contributed by atoms with Crippen LogP contribution in [0.15, 0.2) is 36.4 Å². The molecular formula is C16H11ClN2OS. The molecule has 0 fully saturated rings. The van der Waals surface area contributed by atoms with Crippen LogP contribution in [0, 0.1) is 6.92 Å². The third-order valence-corrected chi connectivity index (χ3v) is 4.75. The van der Waals surface area contributed by atoms with E-state index < -0.39 is 0 Å². The second kappa shape index (κ2) is 4.83. The maximum Gasteiger partial charge on any atom is 0.212 e. The van der Waals surface area contributed by atoms with Gasteiger partial charge in [0.1, 0.15) is 17.2 Å². The average Bonchev–Trinajstić information content (AvgIpc) is 2.47. The Morgan fingerprint density at radius 1 is 1.19 bits per heavy atom. The molecule has 0 spiro atoms. The minimum atomic E-state index is 0.495.